The monoisotopic (exact) mass is 147 g/mol. The van der Waals surface area contributed by atoms with Gasteiger partial charge in [-0.1, -0.05) is 0 Å². The highest BCUT2D eigenvalue weighted by Gasteiger charge is 2.11. The highest BCUT2D eigenvalue weighted by molar-refractivity contribution is 5.43. The molecule has 2 heteroatoms. The van der Waals surface area contributed by atoms with Gasteiger partial charge in [0.25, 0.3) is 0 Å². The van der Waals surface area contributed by atoms with E-state index < -0.39 is 0 Å². The fourth-order valence-corrected chi connectivity index (χ4v) is 1.46. The molecule has 0 amide bonds. The largest absolute Gasteiger partial charge is 0.371 e. The zero-order valence-electron chi connectivity index (χ0n) is 6.45. The lowest BCUT2D eigenvalue weighted by atomic mass is 10.4. The van der Waals surface area contributed by atoms with Gasteiger partial charge < -0.3 is 4.90 Å². The van der Waals surface area contributed by atoms with Crippen molar-refractivity contribution >= 4 is 5.69 Å². The van der Waals surface area contributed by atoms with Gasteiger partial charge in [-0.05, 0) is 18.9 Å². The third-order valence-corrected chi connectivity index (χ3v) is 2.05. The second-order valence-corrected chi connectivity index (χ2v) is 2.82. The maximum Gasteiger partial charge on any atom is 0.0478 e. The standard InChI is InChI=1S/C9H11N2/c1-2-8-11(7-1)9-3-5-10-6-4-9/h3,5-6H,1-2,7-8H2. The van der Waals surface area contributed by atoms with E-state index in [2.05, 4.69) is 16.0 Å². The Labute approximate surface area is 66.9 Å². The summed E-state index contributed by atoms with van der Waals surface area (Å²) in [5.41, 5.74) is 1.19. The van der Waals surface area contributed by atoms with Crippen LogP contribution in [0.1, 0.15) is 12.8 Å². The Balaban J connectivity index is 2.16. The van der Waals surface area contributed by atoms with Crippen molar-refractivity contribution < 1.29 is 0 Å². The lowest BCUT2D eigenvalue weighted by Crippen LogP contribution is -2.17. The van der Waals surface area contributed by atoms with Crippen LogP contribution in [0.4, 0.5) is 5.69 Å². The van der Waals surface area contributed by atoms with E-state index in [1.54, 1.807) is 6.20 Å². The van der Waals surface area contributed by atoms with E-state index in [0.29, 0.717) is 0 Å². The normalized spacial score (nSPS) is 17.3. The van der Waals surface area contributed by atoms with Gasteiger partial charge in [-0.25, -0.2) is 0 Å². The van der Waals surface area contributed by atoms with Crippen LogP contribution in [0, 0.1) is 6.07 Å². The predicted octanol–water partition coefficient (Wildman–Crippen LogP) is 1.48. The molecule has 2 rings (SSSR count). The molecule has 0 saturated carbocycles. The highest BCUT2D eigenvalue weighted by Crippen LogP contribution is 2.17. The molecule has 0 unspecified atom stereocenters. The van der Waals surface area contributed by atoms with Gasteiger partial charge >= 0.3 is 0 Å². The van der Waals surface area contributed by atoms with E-state index in [-0.39, 0.29) is 0 Å². The minimum atomic E-state index is 1.18. The first-order valence-corrected chi connectivity index (χ1v) is 4.03. The summed E-state index contributed by atoms with van der Waals surface area (Å²) in [4.78, 5) is 6.28. The zero-order valence-corrected chi connectivity index (χ0v) is 6.45. The van der Waals surface area contributed by atoms with E-state index in [9.17, 15) is 0 Å². The summed E-state index contributed by atoms with van der Waals surface area (Å²) in [5, 5.41) is 0. The lowest BCUT2D eigenvalue weighted by Gasteiger charge is -2.15. The minimum Gasteiger partial charge on any atom is -0.371 e. The summed E-state index contributed by atoms with van der Waals surface area (Å²) in [6, 6.07) is 5.14. The molecule has 0 aliphatic carbocycles. The van der Waals surface area contributed by atoms with Gasteiger partial charge in [-0.2, -0.15) is 0 Å². The molecule has 1 radical (unpaired) electrons. The van der Waals surface area contributed by atoms with Crippen molar-refractivity contribution in [1.82, 2.24) is 4.98 Å². The summed E-state index contributed by atoms with van der Waals surface area (Å²) in [6.45, 7) is 2.36. The van der Waals surface area contributed by atoms with Crippen LogP contribution in [0.3, 0.4) is 0 Å². The first-order chi connectivity index (χ1) is 5.47. The van der Waals surface area contributed by atoms with Crippen LogP contribution in [-0.4, -0.2) is 18.1 Å². The molecule has 11 heavy (non-hydrogen) atoms. The van der Waals surface area contributed by atoms with Crippen LogP contribution in [0.2, 0.25) is 0 Å². The fraction of sp³-hybridized carbons (Fsp3) is 0.444. The van der Waals surface area contributed by atoms with Gasteiger partial charge in [0, 0.05) is 37.2 Å². The smallest absolute Gasteiger partial charge is 0.0478 e. The maximum absolute atomic E-state index is 3.93. The molecular weight excluding hydrogens is 136 g/mol. The van der Waals surface area contributed by atoms with Crippen molar-refractivity contribution in [3.05, 3.63) is 24.5 Å². The van der Waals surface area contributed by atoms with Crippen LogP contribution >= 0.6 is 0 Å². The highest BCUT2D eigenvalue weighted by atomic mass is 15.1. The molecule has 0 atom stereocenters. The molecule has 1 saturated heterocycles. The van der Waals surface area contributed by atoms with Gasteiger partial charge in [0.2, 0.25) is 0 Å². The predicted molar refractivity (Wildman–Crippen MR) is 44.5 cm³/mol. The number of pyridine rings is 1. The van der Waals surface area contributed by atoms with Crippen LogP contribution < -0.4 is 4.90 Å². The number of nitrogens with zero attached hydrogens (tertiary/aromatic N) is 2. The van der Waals surface area contributed by atoms with Crippen molar-refractivity contribution in [2.75, 3.05) is 18.0 Å². The number of aromatic nitrogens is 1. The molecule has 1 aromatic heterocycles. The second kappa shape index (κ2) is 2.91. The average Bonchev–Trinajstić information content (AvgIpc) is 2.58. The molecule has 1 aliphatic heterocycles. The van der Waals surface area contributed by atoms with Crippen molar-refractivity contribution in [3.63, 3.8) is 0 Å². The van der Waals surface area contributed by atoms with E-state index in [1.807, 2.05) is 12.3 Å². The second-order valence-electron chi connectivity index (χ2n) is 2.82. The van der Waals surface area contributed by atoms with Crippen molar-refractivity contribution in [2.24, 2.45) is 0 Å². The molecule has 0 N–H and O–H groups in total. The van der Waals surface area contributed by atoms with Gasteiger partial charge in [0.05, 0.1) is 0 Å². The van der Waals surface area contributed by atoms with Crippen molar-refractivity contribution in [1.29, 1.82) is 0 Å². The third kappa shape index (κ3) is 1.34. The van der Waals surface area contributed by atoms with Gasteiger partial charge in [-0.3, -0.25) is 4.98 Å². The first-order valence-electron chi connectivity index (χ1n) is 4.03. The van der Waals surface area contributed by atoms with Crippen molar-refractivity contribution in [3.8, 4) is 0 Å². The summed E-state index contributed by atoms with van der Waals surface area (Å²) < 4.78 is 0. The topological polar surface area (TPSA) is 16.1 Å². The minimum absolute atomic E-state index is 1.18. The number of hydrogen-bond donors (Lipinski definition) is 0. The van der Waals surface area contributed by atoms with Crippen LogP contribution in [0.5, 0.6) is 0 Å². The van der Waals surface area contributed by atoms with Gasteiger partial charge in [0.15, 0.2) is 0 Å². The van der Waals surface area contributed by atoms with Gasteiger partial charge in [-0.15, -0.1) is 0 Å². The maximum atomic E-state index is 3.93. The average molecular weight is 147 g/mol. The number of hydrogen-bond acceptors (Lipinski definition) is 2. The number of anilines is 1. The molecule has 0 aromatic carbocycles. The van der Waals surface area contributed by atoms with Crippen LogP contribution in [0.25, 0.3) is 0 Å². The van der Waals surface area contributed by atoms with Crippen LogP contribution in [-0.2, 0) is 0 Å². The Morgan fingerprint density at radius 1 is 1.36 bits per heavy atom. The Morgan fingerprint density at radius 2 is 2.18 bits per heavy atom. The van der Waals surface area contributed by atoms with E-state index in [4.69, 9.17) is 0 Å². The molecule has 1 fully saturated rings. The lowest BCUT2D eigenvalue weighted by molar-refractivity contribution is 0.949. The zero-order chi connectivity index (χ0) is 7.52. The summed E-state index contributed by atoms with van der Waals surface area (Å²) >= 11 is 0. The van der Waals surface area contributed by atoms with E-state index in [1.165, 1.54) is 31.6 Å². The molecular formula is C9H11N2. The molecule has 0 spiro atoms. The summed E-state index contributed by atoms with van der Waals surface area (Å²) in [6.07, 6.45) is 6.18. The summed E-state index contributed by atoms with van der Waals surface area (Å²) in [5.74, 6) is 0. The molecule has 1 aliphatic rings. The molecule has 2 heterocycles. The number of rotatable bonds is 1. The van der Waals surface area contributed by atoms with E-state index in [0.717, 1.165) is 0 Å². The Kier molecular flexibility index (Phi) is 1.76. The van der Waals surface area contributed by atoms with Crippen LogP contribution in [0.15, 0.2) is 18.5 Å². The molecule has 0 bridgehead atoms. The summed E-state index contributed by atoms with van der Waals surface area (Å²) in [7, 11) is 0. The Bertz CT molecular complexity index is 214. The SMILES string of the molecule is [c]1cnccc1N1CCCC1. The Hall–Kier alpha value is -1.05. The molecule has 2 nitrogen and oxygen atoms in total. The van der Waals surface area contributed by atoms with Crippen molar-refractivity contribution in [2.45, 2.75) is 12.8 Å². The molecule has 57 valence electrons. The fourth-order valence-electron chi connectivity index (χ4n) is 1.46. The third-order valence-electron chi connectivity index (χ3n) is 2.05. The molecule has 1 aromatic rings. The first kappa shape index (κ1) is 6.65. The Morgan fingerprint density at radius 3 is 2.82 bits per heavy atom. The quantitative estimate of drug-likeness (QED) is 0.598. The van der Waals surface area contributed by atoms with Gasteiger partial charge in [0.1, 0.15) is 0 Å². The van der Waals surface area contributed by atoms with E-state index >= 15 is 0 Å².